The van der Waals surface area contributed by atoms with Crippen LogP contribution < -0.4 is 20.5 Å². The number of nitrogens with one attached hydrogen (secondary N) is 1. The van der Waals surface area contributed by atoms with E-state index < -0.39 is 7.12 Å². The van der Waals surface area contributed by atoms with Gasteiger partial charge in [-0.2, -0.15) is 0 Å². The Hall–Kier alpha value is -2.70. The molecule has 116 valence electrons. The predicted octanol–water partition coefficient (Wildman–Crippen LogP) is 1.93. The molecule has 0 spiro atoms. The molecule has 6 heteroatoms. The van der Waals surface area contributed by atoms with Gasteiger partial charge in [-0.25, -0.2) is 5.48 Å². The van der Waals surface area contributed by atoms with E-state index >= 15 is 0 Å². The van der Waals surface area contributed by atoms with Crippen molar-refractivity contribution < 1.29 is 19.6 Å². The van der Waals surface area contributed by atoms with E-state index in [9.17, 15) is 10.0 Å². The molecule has 0 radical (unpaired) electrons. The fourth-order valence-corrected chi connectivity index (χ4v) is 2.29. The first-order valence-electron chi connectivity index (χ1n) is 7.12. The van der Waals surface area contributed by atoms with Crippen LogP contribution in [0.4, 0.5) is 5.69 Å². The molecule has 0 aromatic heterocycles. The quantitative estimate of drug-likeness (QED) is 0.496. The van der Waals surface area contributed by atoms with Gasteiger partial charge in [0, 0.05) is 6.07 Å². The molecular formula is C17H16BNO4. The van der Waals surface area contributed by atoms with Gasteiger partial charge in [0.2, 0.25) is 0 Å². The molecule has 0 amide bonds. The van der Waals surface area contributed by atoms with Crippen molar-refractivity contribution in [3.63, 3.8) is 0 Å². The summed E-state index contributed by atoms with van der Waals surface area (Å²) in [6, 6.07) is 18.6. The zero-order chi connectivity index (χ0) is 16.2. The maximum absolute atomic E-state index is 9.30. The van der Waals surface area contributed by atoms with Gasteiger partial charge in [0.05, 0.1) is 12.8 Å². The van der Waals surface area contributed by atoms with Crippen LogP contribution in [-0.4, -0.2) is 24.3 Å². The average Bonchev–Trinajstić information content (AvgIpc) is 2.59. The molecule has 0 bridgehead atoms. The Morgan fingerprint density at radius 3 is 2.35 bits per heavy atom. The monoisotopic (exact) mass is 309 g/mol. The number of benzene rings is 3. The summed E-state index contributed by atoms with van der Waals surface area (Å²) in [5.74, 6) is 0.895. The second kappa shape index (κ2) is 6.60. The summed E-state index contributed by atoms with van der Waals surface area (Å²) in [5, 5.41) is 20.8. The highest BCUT2D eigenvalue weighted by Gasteiger charge is 2.14. The lowest BCUT2D eigenvalue weighted by molar-refractivity contribution is 0.388. The zero-order valence-electron chi connectivity index (χ0n) is 12.6. The van der Waals surface area contributed by atoms with Gasteiger partial charge in [-0.3, -0.25) is 0 Å². The van der Waals surface area contributed by atoms with Crippen molar-refractivity contribution >= 4 is 29.0 Å². The molecule has 0 unspecified atom stereocenters. The molecule has 0 saturated carbocycles. The Balaban J connectivity index is 1.80. The summed E-state index contributed by atoms with van der Waals surface area (Å²) >= 11 is 0. The number of hydrogen-bond donors (Lipinski definition) is 3. The summed E-state index contributed by atoms with van der Waals surface area (Å²) in [6.45, 7) is 0. The van der Waals surface area contributed by atoms with Crippen molar-refractivity contribution in [2.45, 2.75) is 0 Å². The number of fused-ring (bicyclic) bond motifs is 1. The van der Waals surface area contributed by atoms with Crippen molar-refractivity contribution in [3.8, 4) is 11.5 Å². The highest BCUT2D eigenvalue weighted by Crippen LogP contribution is 2.21. The fraction of sp³-hybridized carbons (Fsp3) is 0.0588. The largest absolute Gasteiger partial charge is 0.497 e. The Bertz CT molecular complexity index is 823. The molecule has 0 fully saturated rings. The Morgan fingerprint density at radius 1 is 0.870 bits per heavy atom. The van der Waals surface area contributed by atoms with Crippen LogP contribution >= 0.6 is 0 Å². The van der Waals surface area contributed by atoms with E-state index in [1.54, 1.807) is 6.07 Å². The number of hydrogen-bond acceptors (Lipinski definition) is 5. The minimum Gasteiger partial charge on any atom is -0.497 e. The van der Waals surface area contributed by atoms with Crippen LogP contribution in [0.5, 0.6) is 11.5 Å². The van der Waals surface area contributed by atoms with Gasteiger partial charge in [0.25, 0.3) is 0 Å². The number of rotatable bonds is 5. The minimum atomic E-state index is -1.59. The van der Waals surface area contributed by atoms with Crippen LogP contribution in [0.3, 0.4) is 0 Å². The molecule has 0 atom stereocenters. The summed E-state index contributed by atoms with van der Waals surface area (Å²) in [6.07, 6.45) is 0. The van der Waals surface area contributed by atoms with Crippen LogP contribution in [0.1, 0.15) is 0 Å². The van der Waals surface area contributed by atoms with Crippen LogP contribution in [0, 0.1) is 0 Å². The average molecular weight is 309 g/mol. The van der Waals surface area contributed by atoms with Crippen molar-refractivity contribution in [3.05, 3.63) is 60.7 Å². The minimum absolute atomic E-state index is 0.291. The summed E-state index contributed by atoms with van der Waals surface area (Å²) in [5.41, 5.74) is 3.93. The molecule has 0 saturated heterocycles. The van der Waals surface area contributed by atoms with Crippen LogP contribution in [0.25, 0.3) is 10.8 Å². The fourth-order valence-electron chi connectivity index (χ4n) is 2.29. The Morgan fingerprint density at radius 2 is 1.61 bits per heavy atom. The van der Waals surface area contributed by atoms with Gasteiger partial charge < -0.3 is 19.6 Å². The zero-order valence-corrected chi connectivity index (χ0v) is 12.6. The van der Waals surface area contributed by atoms with E-state index in [2.05, 4.69) is 5.48 Å². The lowest BCUT2D eigenvalue weighted by Crippen LogP contribution is -2.30. The van der Waals surface area contributed by atoms with Gasteiger partial charge in [0.1, 0.15) is 5.75 Å². The van der Waals surface area contributed by atoms with E-state index in [0.717, 1.165) is 16.5 Å². The lowest BCUT2D eigenvalue weighted by Gasteiger charge is -2.12. The molecular weight excluding hydrogens is 293 g/mol. The summed E-state index contributed by atoms with van der Waals surface area (Å²) in [4.78, 5) is 5.52. The molecule has 3 rings (SSSR count). The molecule has 0 aliphatic heterocycles. The van der Waals surface area contributed by atoms with Crippen LogP contribution in [-0.2, 0) is 0 Å². The third kappa shape index (κ3) is 3.56. The number of anilines is 1. The Labute approximate surface area is 134 Å². The maximum atomic E-state index is 9.30. The lowest BCUT2D eigenvalue weighted by atomic mass is 9.80. The SMILES string of the molecule is COc1cc(ONc2ccc3ccccc3c2)cc(B(O)O)c1. The highest BCUT2D eigenvalue weighted by molar-refractivity contribution is 6.58. The van der Waals surface area contributed by atoms with Crippen LogP contribution in [0.15, 0.2) is 60.7 Å². The summed E-state index contributed by atoms with van der Waals surface area (Å²) < 4.78 is 5.13. The molecule has 0 aliphatic carbocycles. The molecule has 3 N–H and O–H groups in total. The van der Waals surface area contributed by atoms with Gasteiger partial charge in [-0.15, -0.1) is 0 Å². The van der Waals surface area contributed by atoms with E-state index in [4.69, 9.17) is 9.57 Å². The first-order valence-corrected chi connectivity index (χ1v) is 7.12. The maximum Gasteiger partial charge on any atom is 0.488 e. The van der Waals surface area contributed by atoms with Crippen LogP contribution in [0.2, 0.25) is 0 Å². The third-order valence-electron chi connectivity index (χ3n) is 3.47. The van der Waals surface area contributed by atoms with Gasteiger partial charge >= 0.3 is 7.12 Å². The van der Waals surface area contributed by atoms with E-state index in [1.165, 1.54) is 19.2 Å². The van der Waals surface area contributed by atoms with Crippen molar-refractivity contribution in [2.75, 3.05) is 12.6 Å². The molecule has 23 heavy (non-hydrogen) atoms. The first-order chi connectivity index (χ1) is 11.2. The smallest absolute Gasteiger partial charge is 0.488 e. The van der Waals surface area contributed by atoms with E-state index in [0.29, 0.717) is 17.0 Å². The van der Waals surface area contributed by atoms with Gasteiger partial charge in [-0.05, 0) is 40.5 Å². The Kier molecular flexibility index (Phi) is 4.37. The second-order valence-electron chi connectivity index (χ2n) is 5.08. The molecule has 0 aliphatic rings. The topological polar surface area (TPSA) is 71.0 Å². The molecule has 5 nitrogen and oxygen atoms in total. The molecule has 0 heterocycles. The van der Waals surface area contributed by atoms with Gasteiger partial charge in [-0.1, -0.05) is 30.3 Å². The summed E-state index contributed by atoms with van der Waals surface area (Å²) in [7, 11) is -0.0863. The standard InChI is InChI=1S/C17H16BNO4/c1-22-16-9-14(18(20)21)10-17(11-16)23-19-15-7-6-12-4-2-3-5-13(12)8-15/h2-11,19-21H,1H3. The highest BCUT2D eigenvalue weighted by atomic mass is 16.6. The van der Waals surface area contributed by atoms with E-state index in [1.807, 2.05) is 42.5 Å². The van der Waals surface area contributed by atoms with Crippen molar-refractivity contribution in [1.29, 1.82) is 0 Å². The number of ether oxygens (including phenoxy) is 1. The third-order valence-corrected chi connectivity index (χ3v) is 3.47. The molecule has 3 aromatic carbocycles. The first kappa shape index (κ1) is 15.2. The van der Waals surface area contributed by atoms with Gasteiger partial charge in [0.15, 0.2) is 5.75 Å². The normalized spacial score (nSPS) is 10.4. The molecule has 3 aromatic rings. The predicted molar refractivity (Wildman–Crippen MR) is 91.0 cm³/mol. The second-order valence-corrected chi connectivity index (χ2v) is 5.08. The number of methoxy groups -OCH3 is 1. The van der Waals surface area contributed by atoms with Crippen molar-refractivity contribution in [1.82, 2.24) is 0 Å². The van der Waals surface area contributed by atoms with E-state index in [-0.39, 0.29) is 0 Å². The van der Waals surface area contributed by atoms with Crippen molar-refractivity contribution in [2.24, 2.45) is 0 Å².